The summed E-state index contributed by atoms with van der Waals surface area (Å²) in [6.07, 6.45) is -2.42. The molecule has 3 N–H and O–H groups in total. The number of aromatic nitrogens is 1. The number of halogens is 3. The first kappa shape index (κ1) is 24.0. The molecule has 0 fully saturated rings. The number of guanidine groups is 1. The zero-order valence-corrected chi connectivity index (χ0v) is 17.4. The van der Waals surface area contributed by atoms with Gasteiger partial charge in [-0.15, -0.1) is 0 Å². The van der Waals surface area contributed by atoms with Crippen LogP contribution in [0.5, 0.6) is 5.88 Å². The van der Waals surface area contributed by atoms with E-state index in [-0.39, 0.29) is 18.3 Å². The van der Waals surface area contributed by atoms with Gasteiger partial charge in [0.05, 0.1) is 6.54 Å². The SMILES string of the molecule is CCNC(=NCc1cccnc1OCC(F)(F)F)NCCc1cccc(C(=O)NC)c1. The monoisotopic (exact) mass is 437 g/mol. The van der Waals surface area contributed by atoms with Crippen LogP contribution in [0.1, 0.15) is 28.4 Å². The molecule has 7 nitrogen and oxygen atoms in total. The van der Waals surface area contributed by atoms with Crippen LogP contribution in [0.25, 0.3) is 0 Å². The highest BCUT2D eigenvalue weighted by atomic mass is 19.4. The number of alkyl halides is 3. The smallest absolute Gasteiger partial charge is 0.422 e. The minimum atomic E-state index is -4.44. The number of carbonyl (C=O) groups excluding carboxylic acids is 1. The van der Waals surface area contributed by atoms with E-state index in [1.54, 1.807) is 25.2 Å². The Morgan fingerprint density at radius 2 is 2.00 bits per heavy atom. The maximum absolute atomic E-state index is 12.4. The normalized spacial score (nSPS) is 11.7. The van der Waals surface area contributed by atoms with Crippen LogP contribution in [0.3, 0.4) is 0 Å². The summed E-state index contributed by atoms with van der Waals surface area (Å²) >= 11 is 0. The third-order valence-corrected chi connectivity index (χ3v) is 4.10. The minimum absolute atomic E-state index is 0.0922. The summed E-state index contributed by atoms with van der Waals surface area (Å²) in [5.74, 6) is 0.269. The Bertz CT molecular complexity index is 887. The Morgan fingerprint density at radius 3 is 2.71 bits per heavy atom. The number of amides is 1. The first-order chi connectivity index (χ1) is 14.8. The fourth-order valence-electron chi connectivity index (χ4n) is 2.67. The van der Waals surface area contributed by atoms with E-state index < -0.39 is 12.8 Å². The van der Waals surface area contributed by atoms with E-state index in [0.717, 1.165) is 5.56 Å². The summed E-state index contributed by atoms with van der Waals surface area (Å²) < 4.78 is 42.1. The highest BCUT2D eigenvalue weighted by Gasteiger charge is 2.29. The molecule has 0 bridgehead atoms. The van der Waals surface area contributed by atoms with E-state index in [1.807, 2.05) is 25.1 Å². The maximum atomic E-state index is 12.4. The van der Waals surface area contributed by atoms with Crippen molar-refractivity contribution in [2.24, 2.45) is 4.99 Å². The summed E-state index contributed by atoms with van der Waals surface area (Å²) in [5, 5.41) is 8.85. The predicted octanol–water partition coefficient (Wildman–Crippen LogP) is 2.68. The lowest BCUT2D eigenvalue weighted by Gasteiger charge is -2.13. The molecule has 0 radical (unpaired) electrons. The van der Waals surface area contributed by atoms with Crippen molar-refractivity contribution in [3.05, 3.63) is 59.3 Å². The Balaban J connectivity index is 1.98. The molecule has 10 heteroatoms. The van der Waals surface area contributed by atoms with Gasteiger partial charge < -0.3 is 20.7 Å². The number of ether oxygens (including phenoxy) is 1. The van der Waals surface area contributed by atoms with Crippen molar-refractivity contribution in [3.8, 4) is 5.88 Å². The van der Waals surface area contributed by atoms with Gasteiger partial charge in [-0.05, 0) is 37.1 Å². The highest BCUT2D eigenvalue weighted by molar-refractivity contribution is 5.94. The molecule has 1 aromatic carbocycles. The number of aliphatic imine (C=N–C) groups is 1. The number of pyridine rings is 1. The zero-order chi connectivity index (χ0) is 22.7. The third-order valence-electron chi connectivity index (χ3n) is 4.10. The molecule has 0 aliphatic rings. The van der Waals surface area contributed by atoms with Gasteiger partial charge in [-0.2, -0.15) is 13.2 Å². The van der Waals surface area contributed by atoms with E-state index in [0.29, 0.717) is 36.6 Å². The van der Waals surface area contributed by atoms with Gasteiger partial charge in [0.15, 0.2) is 12.6 Å². The van der Waals surface area contributed by atoms with Crippen LogP contribution in [0, 0.1) is 0 Å². The molecule has 2 rings (SSSR count). The number of nitrogens with zero attached hydrogens (tertiary/aromatic N) is 2. The lowest BCUT2D eigenvalue weighted by Crippen LogP contribution is -2.38. The molecule has 168 valence electrons. The molecule has 0 saturated carbocycles. The Kier molecular flexibility index (Phi) is 9.11. The van der Waals surface area contributed by atoms with Crippen LogP contribution in [0.15, 0.2) is 47.6 Å². The largest absolute Gasteiger partial charge is 0.468 e. The van der Waals surface area contributed by atoms with Crippen LogP contribution in [-0.2, 0) is 13.0 Å². The number of nitrogens with one attached hydrogen (secondary N) is 3. The number of benzene rings is 1. The average molecular weight is 437 g/mol. The Morgan fingerprint density at radius 1 is 1.19 bits per heavy atom. The van der Waals surface area contributed by atoms with Gasteiger partial charge in [-0.3, -0.25) is 4.79 Å². The molecule has 31 heavy (non-hydrogen) atoms. The first-order valence-electron chi connectivity index (χ1n) is 9.79. The van der Waals surface area contributed by atoms with E-state index in [9.17, 15) is 18.0 Å². The molecule has 0 aliphatic heterocycles. The molecular formula is C21H26F3N5O2. The van der Waals surface area contributed by atoms with Crippen LogP contribution < -0.4 is 20.7 Å². The number of hydrogen-bond acceptors (Lipinski definition) is 4. The molecule has 1 amide bonds. The predicted molar refractivity (Wildman–Crippen MR) is 112 cm³/mol. The second-order valence-corrected chi connectivity index (χ2v) is 6.52. The van der Waals surface area contributed by atoms with Crippen molar-refractivity contribution in [2.75, 3.05) is 26.7 Å². The first-order valence-corrected chi connectivity index (χ1v) is 9.79. The number of carbonyl (C=O) groups is 1. The standard InChI is InChI=1S/C21H26F3N5O2/c1-3-26-20(28-11-9-15-6-4-7-16(12-15)18(30)25-2)29-13-17-8-5-10-27-19(17)31-14-21(22,23)24/h4-8,10,12H,3,9,11,13-14H2,1-2H3,(H,25,30)(H2,26,28,29). The van der Waals surface area contributed by atoms with Gasteiger partial charge in [0.25, 0.3) is 5.91 Å². The summed E-state index contributed by atoms with van der Waals surface area (Å²) in [5.41, 5.74) is 2.02. The summed E-state index contributed by atoms with van der Waals surface area (Å²) in [4.78, 5) is 20.0. The highest BCUT2D eigenvalue weighted by Crippen LogP contribution is 2.20. The number of rotatable bonds is 9. The Labute approximate surface area is 179 Å². The lowest BCUT2D eigenvalue weighted by atomic mass is 10.1. The molecule has 0 unspecified atom stereocenters. The van der Waals surface area contributed by atoms with Gasteiger partial charge in [0.2, 0.25) is 5.88 Å². The van der Waals surface area contributed by atoms with Crippen molar-refractivity contribution in [2.45, 2.75) is 26.1 Å². The van der Waals surface area contributed by atoms with E-state index in [2.05, 4.69) is 25.9 Å². The van der Waals surface area contributed by atoms with Crippen molar-refractivity contribution < 1.29 is 22.7 Å². The zero-order valence-electron chi connectivity index (χ0n) is 17.4. The van der Waals surface area contributed by atoms with Gasteiger partial charge in [-0.25, -0.2) is 9.98 Å². The van der Waals surface area contributed by atoms with Crippen molar-refractivity contribution in [1.29, 1.82) is 0 Å². The van der Waals surface area contributed by atoms with Crippen LogP contribution in [-0.4, -0.2) is 49.8 Å². The number of hydrogen-bond donors (Lipinski definition) is 3. The third kappa shape index (κ3) is 8.53. The van der Waals surface area contributed by atoms with Gasteiger partial charge in [0.1, 0.15) is 0 Å². The topological polar surface area (TPSA) is 87.6 Å². The van der Waals surface area contributed by atoms with Gasteiger partial charge >= 0.3 is 6.18 Å². The van der Waals surface area contributed by atoms with Gasteiger partial charge in [-0.1, -0.05) is 18.2 Å². The molecular weight excluding hydrogens is 411 g/mol. The van der Waals surface area contributed by atoms with Crippen LogP contribution >= 0.6 is 0 Å². The Hall–Kier alpha value is -3.30. The van der Waals surface area contributed by atoms with Crippen LogP contribution in [0.2, 0.25) is 0 Å². The van der Waals surface area contributed by atoms with Crippen molar-refractivity contribution in [1.82, 2.24) is 20.9 Å². The van der Waals surface area contributed by atoms with Crippen molar-refractivity contribution >= 4 is 11.9 Å². The fraction of sp³-hybridized carbons (Fsp3) is 0.381. The molecule has 0 atom stereocenters. The quantitative estimate of drug-likeness (QED) is 0.415. The van der Waals surface area contributed by atoms with Crippen LogP contribution in [0.4, 0.5) is 13.2 Å². The minimum Gasteiger partial charge on any atom is -0.468 e. The second-order valence-electron chi connectivity index (χ2n) is 6.52. The average Bonchev–Trinajstić information content (AvgIpc) is 2.75. The van der Waals surface area contributed by atoms with E-state index >= 15 is 0 Å². The van der Waals surface area contributed by atoms with Gasteiger partial charge in [0, 0.05) is 37.5 Å². The molecule has 0 spiro atoms. The summed E-state index contributed by atoms with van der Waals surface area (Å²) in [7, 11) is 1.58. The van der Waals surface area contributed by atoms with E-state index in [4.69, 9.17) is 4.74 Å². The maximum Gasteiger partial charge on any atom is 0.422 e. The molecule has 2 aromatic rings. The molecule has 0 aliphatic carbocycles. The van der Waals surface area contributed by atoms with Crippen molar-refractivity contribution in [3.63, 3.8) is 0 Å². The lowest BCUT2D eigenvalue weighted by molar-refractivity contribution is -0.154. The second kappa shape index (κ2) is 11.8. The summed E-state index contributed by atoms with van der Waals surface area (Å²) in [6.45, 7) is 1.76. The fourth-order valence-corrected chi connectivity index (χ4v) is 2.67. The molecule has 0 saturated heterocycles. The molecule has 1 aromatic heterocycles. The summed E-state index contributed by atoms with van der Waals surface area (Å²) in [6, 6.07) is 10.6. The van der Waals surface area contributed by atoms with E-state index in [1.165, 1.54) is 6.20 Å². The molecule has 1 heterocycles.